The van der Waals surface area contributed by atoms with Gasteiger partial charge in [-0.05, 0) is 69.0 Å². The standard InChI is InChI=1S/C35H36F2N6O.C6H5F3N2O.C2H6/c1-3-24-26(36)12-10-22-7-4-8-25(27(22)24)31-29(37)32-28-30(39-31)21(2)9-11-23-19-38-15-18-43(23)33(28)41-34(40-32)44-20-35-13-5-16-42(35)17-6-14-35;1-12-5-2-4(6(7,8)9)10-3-11-5;1-2/h1,4,7-8,10,12,21,23,38H,5-6,9,11,13-20H2,2H3;2-3H,1H3;1-2H3/t21-,23-;;/m1../s1. The molecule has 0 bridgehead atoms. The Balaban J connectivity index is 0.000000314. The zero-order valence-corrected chi connectivity index (χ0v) is 33.1. The van der Waals surface area contributed by atoms with Crippen LogP contribution in [0.4, 0.5) is 27.8 Å². The van der Waals surface area contributed by atoms with E-state index < -0.39 is 23.5 Å². The molecule has 0 spiro atoms. The molecule has 4 aliphatic rings. The number of hydrogen-bond donors (Lipinski definition) is 1. The number of nitrogens with one attached hydrogen (secondary N) is 1. The van der Waals surface area contributed by atoms with Crippen molar-refractivity contribution >= 4 is 27.5 Å². The summed E-state index contributed by atoms with van der Waals surface area (Å²) < 4.78 is 78.8. The predicted molar refractivity (Wildman–Crippen MR) is 213 cm³/mol. The summed E-state index contributed by atoms with van der Waals surface area (Å²) in [6.07, 6.45) is 8.47. The van der Waals surface area contributed by atoms with Crippen LogP contribution >= 0.6 is 0 Å². The fourth-order valence-electron chi connectivity index (χ4n) is 8.80. The van der Waals surface area contributed by atoms with Gasteiger partial charge in [-0.15, -0.1) is 6.42 Å². The average molecular weight is 803 g/mol. The van der Waals surface area contributed by atoms with Gasteiger partial charge in [-0.3, -0.25) is 4.90 Å². The SMILES string of the molecule is C#Cc1c(F)ccc2cccc(-c3nc4c5c(nc(OCC67CCCN6CCC7)nc5c3F)N3CCNC[C@H]3CC[C@H]4C)c12.CC.COc1cc(C(F)(F)F)ncn1. The van der Waals surface area contributed by atoms with Crippen molar-refractivity contribution in [3.63, 3.8) is 0 Å². The third-order valence-electron chi connectivity index (χ3n) is 11.6. The van der Waals surface area contributed by atoms with E-state index in [-0.39, 0.29) is 46.2 Å². The molecule has 1 N–H and O–H groups in total. The van der Waals surface area contributed by atoms with Crippen LogP contribution in [0.3, 0.4) is 0 Å². The number of alkyl halides is 3. The van der Waals surface area contributed by atoms with E-state index in [1.807, 2.05) is 26.0 Å². The second kappa shape index (κ2) is 17.0. The number of piperazine rings is 1. The van der Waals surface area contributed by atoms with E-state index in [0.717, 1.165) is 94.7 Å². The Morgan fingerprint density at radius 1 is 0.983 bits per heavy atom. The molecule has 15 heteroatoms. The van der Waals surface area contributed by atoms with Crippen molar-refractivity contribution in [2.75, 3.05) is 51.3 Å². The number of rotatable bonds is 5. The molecule has 10 nitrogen and oxygen atoms in total. The quantitative estimate of drug-likeness (QED) is 0.138. The zero-order valence-electron chi connectivity index (χ0n) is 33.1. The van der Waals surface area contributed by atoms with Crippen LogP contribution in [0.15, 0.2) is 42.7 Å². The van der Waals surface area contributed by atoms with Crippen LogP contribution in [0.2, 0.25) is 0 Å². The Bertz CT molecular complexity index is 2320. The number of methoxy groups -OCH3 is 1. The maximum Gasteiger partial charge on any atom is 0.433 e. The molecule has 58 heavy (non-hydrogen) atoms. The number of ether oxygens (including phenoxy) is 2. The summed E-state index contributed by atoms with van der Waals surface area (Å²) in [5.41, 5.74) is 0.616. The van der Waals surface area contributed by atoms with Crippen LogP contribution in [0, 0.1) is 24.0 Å². The molecule has 2 atom stereocenters. The molecule has 4 aliphatic heterocycles. The number of hydrogen-bond acceptors (Lipinski definition) is 10. The van der Waals surface area contributed by atoms with Gasteiger partial charge in [0.15, 0.2) is 11.5 Å². The van der Waals surface area contributed by atoms with E-state index in [0.29, 0.717) is 28.8 Å². The maximum atomic E-state index is 17.1. The van der Waals surface area contributed by atoms with Gasteiger partial charge in [0.2, 0.25) is 5.88 Å². The predicted octanol–water partition coefficient (Wildman–Crippen LogP) is 8.32. The molecular formula is C43H47F5N8O2. The topological polar surface area (TPSA) is 101 Å². The van der Waals surface area contributed by atoms with Crippen LogP contribution in [-0.4, -0.2) is 87.8 Å². The minimum Gasteiger partial charge on any atom is -0.481 e. The minimum atomic E-state index is -4.45. The normalized spacial score (nSPS) is 19.8. The highest BCUT2D eigenvalue weighted by Gasteiger charge is 2.45. The first-order valence-corrected chi connectivity index (χ1v) is 19.9. The largest absolute Gasteiger partial charge is 0.481 e. The number of aromatic nitrogens is 5. The van der Waals surface area contributed by atoms with E-state index in [1.54, 1.807) is 12.1 Å². The fourth-order valence-corrected chi connectivity index (χ4v) is 8.80. The van der Waals surface area contributed by atoms with E-state index in [2.05, 4.69) is 42.7 Å². The molecule has 7 heterocycles. The summed E-state index contributed by atoms with van der Waals surface area (Å²) >= 11 is 0. The van der Waals surface area contributed by atoms with Gasteiger partial charge in [-0.2, -0.15) is 23.1 Å². The Labute approximate surface area is 334 Å². The van der Waals surface area contributed by atoms with Crippen LogP contribution in [0.1, 0.15) is 82.2 Å². The van der Waals surface area contributed by atoms with Crippen molar-refractivity contribution in [2.45, 2.75) is 83.0 Å². The molecule has 2 aromatic carbocycles. The van der Waals surface area contributed by atoms with Crippen LogP contribution in [-0.2, 0) is 6.18 Å². The van der Waals surface area contributed by atoms with Gasteiger partial charge >= 0.3 is 12.2 Å². The van der Waals surface area contributed by atoms with Crippen LogP contribution in [0.5, 0.6) is 11.9 Å². The van der Waals surface area contributed by atoms with Crippen molar-refractivity contribution in [3.8, 4) is 35.5 Å². The van der Waals surface area contributed by atoms with E-state index in [9.17, 15) is 17.6 Å². The lowest BCUT2D eigenvalue weighted by Gasteiger charge is -2.40. The van der Waals surface area contributed by atoms with Gasteiger partial charge in [-0.1, -0.05) is 51.0 Å². The molecule has 3 aromatic heterocycles. The number of nitrogens with zero attached hydrogens (tertiary/aromatic N) is 7. The second-order valence-corrected chi connectivity index (χ2v) is 14.9. The Morgan fingerprint density at radius 2 is 1.76 bits per heavy atom. The summed E-state index contributed by atoms with van der Waals surface area (Å²) in [6, 6.07) is 9.62. The molecular weight excluding hydrogens is 756 g/mol. The van der Waals surface area contributed by atoms with Gasteiger partial charge < -0.3 is 19.7 Å². The van der Waals surface area contributed by atoms with Crippen molar-refractivity contribution < 1.29 is 31.4 Å². The number of pyridine rings is 1. The minimum absolute atomic E-state index is 0.00176. The monoisotopic (exact) mass is 802 g/mol. The third kappa shape index (κ3) is 7.71. The van der Waals surface area contributed by atoms with Gasteiger partial charge in [0.1, 0.15) is 35.8 Å². The smallest absolute Gasteiger partial charge is 0.433 e. The average Bonchev–Trinajstić information content (AvgIpc) is 3.83. The van der Waals surface area contributed by atoms with Crippen LogP contribution in [0.25, 0.3) is 32.9 Å². The molecule has 0 saturated carbocycles. The number of halogens is 5. The lowest BCUT2D eigenvalue weighted by atomic mass is 9.90. The Hall–Kier alpha value is -5.20. The first kappa shape index (κ1) is 41.0. The molecule has 5 aromatic rings. The first-order valence-electron chi connectivity index (χ1n) is 19.9. The molecule has 306 valence electrons. The summed E-state index contributed by atoms with van der Waals surface area (Å²) in [7, 11) is 1.24. The first-order chi connectivity index (χ1) is 28.0. The molecule has 0 amide bonds. The third-order valence-corrected chi connectivity index (χ3v) is 11.6. The zero-order chi connectivity index (χ0) is 41.2. The number of anilines is 1. The molecule has 0 aliphatic carbocycles. The summed E-state index contributed by atoms with van der Waals surface area (Å²) in [6.45, 7) is 11.2. The molecule has 9 rings (SSSR count). The highest BCUT2D eigenvalue weighted by Crippen LogP contribution is 2.44. The molecule has 3 saturated heterocycles. The molecule has 0 unspecified atom stereocenters. The van der Waals surface area contributed by atoms with Gasteiger partial charge in [0.05, 0.1) is 29.3 Å². The Morgan fingerprint density at radius 3 is 2.48 bits per heavy atom. The van der Waals surface area contributed by atoms with E-state index in [1.165, 1.54) is 13.2 Å². The number of terminal acetylenes is 1. The van der Waals surface area contributed by atoms with Crippen molar-refractivity contribution in [2.24, 2.45) is 0 Å². The maximum absolute atomic E-state index is 17.1. The van der Waals surface area contributed by atoms with Gasteiger partial charge in [-0.25, -0.2) is 23.7 Å². The summed E-state index contributed by atoms with van der Waals surface area (Å²) in [4.78, 5) is 26.1. The molecule has 3 fully saturated rings. The van der Waals surface area contributed by atoms with Crippen LogP contribution < -0.4 is 19.7 Å². The summed E-state index contributed by atoms with van der Waals surface area (Å²) in [5.74, 6) is 2.02. The van der Waals surface area contributed by atoms with Crippen molar-refractivity contribution in [1.29, 1.82) is 0 Å². The van der Waals surface area contributed by atoms with Gasteiger partial charge in [0.25, 0.3) is 0 Å². The summed E-state index contributed by atoms with van der Waals surface area (Å²) in [5, 5.41) is 5.36. The Kier molecular flexibility index (Phi) is 12.0. The lowest BCUT2D eigenvalue weighted by Crippen LogP contribution is -2.52. The van der Waals surface area contributed by atoms with E-state index >= 15 is 4.39 Å². The highest BCUT2D eigenvalue weighted by molar-refractivity contribution is 6.03. The number of fused-ring (bicyclic) bond motifs is 4. The fraction of sp³-hybridized carbons (Fsp3) is 0.465. The lowest BCUT2D eigenvalue weighted by molar-refractivity contribution is -0.141. The highest BCUT2D eigenvalue weighted by atomic mass is 19.4. The van der Waals surface area contributed by atoms with Gasteiger partial charge in [0, 0.05) is 42.7 Å². The second-order valence-electron chi connectivity index (χ2n) is 14.9. The van der Waals surface area contributed by atoms with E-state index in [4.69, 9.17) is 26.1 Å². The van der Waals surface area contributed by atoms with Crippen molar-refractivity contribution in [3.05, 3.63) is 71.3 Å². The van der Waals surface area contributed by atoms with Crippen molar-refractivity contribution in [1.82, 2.24) is 35.1 Å². The number of benzene rings is 2. The molecule has 0 radical (unpaired) electrons.